The fraction of sp³-hybridized carbons (Fsp3) is 0.558. The highest BCUT2D eigenvalue weighted by molar-refractivity contribution is 6.08. The van der Waals surface area contributed by atoms with Crippen molar-refractivity contribution >= 4 is 45.9 Å². The number of carbonyl (C=O) groups is 3. The van der Waals surface area contributed by atoms with E-state index in [1.807, 2.05) is 18.2 Å². The number of nitrogens with zero attached hydrogens (tertiary/aromatic N) is 10. The molecule has 328 valence electrons. The first-order chi connectivity index (χ1) is 30.0. The number of hydrogen-bond acceptors (Lipinski definition) is 11. The molecule has 1 saturated carbocycles. The molecule has 17 nitrogen and oxygen atoms in total. The van der Waals surface area contributed by atoms with E-state index in [1.165, 1.54) is 10.7 Å². The lowest BCUT2D eigenvalue weighted by atomic mass is 9.71. The van der Waals surface area contributed by atoms with E-state index in [2.05, 4.69) is 46.6 Å². The maximum atomic E-state index is 14.3. The highest BCUT2D eigenvalue weighted by Gasteiger charge is 2.45. The molecule has 4 aliphatic heterocycles. The van der Waals surface area contributed by atoms with Gasteiger partial charge in [0.05, 0.1) is 42.2 Å². The van der Waals surface area contributed by atoms with Crippen LogP contribution in [0.4, 0.5) is 20.3 Å². The SMILES string of the molecule is Cn1c(=O)n(C2CCC(=O)NC2=O)c2cccc(CN3CC4(CCN(CC5CCC(n6cc(NC(=O)c7cnn8ccc(N9CCOCC9)nc78)c(C(F)F)n6)CC5)CC4)C3)c21. The molecule has 1 aromatic carbocycles. The number of fused-ring (bicyclic) bond motifs is 2. The summed E-state index contributed by atoms with van der Waals surface area (Å²) in [6, 6.07) is 6.98. The monoisotopic (exact) mass is 854 g/mol. The molecule has 62 heavy (non-hydrogen) atoms. The predicted octanol–water partition coefficient (Wildman–Crippen LogP) is 3.91. The standard InChI is InChI=1S/C43H52F2N12O5/c1-51-37-28(3-2-4-32(37)57(42(51)61)33-9-10-35(58)49-41(33)60)23-53-25-43(26-53)12-15-52(16-13-43)22-27-5-7-29(8-6-27)56-24-31(36(50-56)38(44)45)47-40(59)30-21-46-55-14-11-34(48-39(30)55)54-17-19-62-20-18-54/h2-4,11,14,21,24,27,29,33,38H,5-10,12-13,15-20,22-23,25-26H2,1H3,(H,47,59)(H,49,58,60). The van der Waals surface area contributed by atoms with Gasteiger partial charge < -0.3 is 19.9 Å². The van der Waals surface area contributed by atoms with Crippen LogP contribution in [0.1, 0.15) is 91.5 Å². The van der Waals surface area contributed by atoms with E-state index in [9.17, 15) is 28.0 Å². The number of rotatable bonds is 10. The summed E-state index contributed by atoms with van der Waals surface area (Å²) in [5.41, 5.74) is 2.73. The van der Waals surface area contributed by atoms with Gasteiger partial charge in [-0.3, -0.25) is 38.4 Å². The number of aromatic nitrogens is 7. The van der Waals surface area contributed by atoms with Crippen molar-refractivity contribution in [2.45, 2.75) is 76.4 Å². The summed E-state index contributed by atoms with van der Waals surface area (Å²) < 4.78 is 40.3. The molecule has 1 aliphatic carbocycles. The second-order valence-electron chi connectivity index (χ2n) is 18.0. The van der Waals surface area contributed by atoms with Gasteiger partial charge in [0.1, 0.15) is 17.4 Å². The molecule has 5 aliphatic rings. The number of halogens is 2. The Balaban J connectivity index is 0.713. The van der Waals surface area contributed by atoms with Crippen LogP contribution in [-0.2, 0) is 27.9 Å². The third-order valence-corrected chi connectivity index (χ3v) is 14.0. The molecule has 5 aromatic rings. The number of para-hydroxylation sites is 1. The van der Waals surface area contributed by atoms with E-state index >= 15 is 0 Å². The number of morpholine rings is 1. The lowest BCUT2D eigenvalue weighted by molar-refractivity contribution is -0.135. The van der Waals surface area contributed by atoms with E-state index in [0.29, 0.717) is 50.1 Å². The van der Waals surface area contributed by atoms with Gasteiger partial charge in [-0.1, -0.05) is 12.1 Å². The second-order valence-corrected chi connectivity index (χ2v) is 18.0. The summed E-state index contributed by atoms with van der Waals surface area (Å²) in [5, 5.41) is 13.6. The van der Waals surface area contributed by atoms with Crippen molar-refractivity contribution in [3.05, 3.63) is 70.2 Å². The minimum absolute atomic E-state index is 0.000785. The summed E-state index contributed by atoms with van der Waals surface area (Å²) >= 11 is 0. The van der Waals surface area contributed by atoms with E-state index in [-0.39, 0.29) is 40.7 Å². The Labute approximate surface area is 356 Å². The maximum Gasteiger partial charge on any atom is 0.329 e. The maximum absolute atomic E-state index is 14.3. The number of ether oxygens (including phenoxy) is 1. The van der Waals surface area contributed by atoms with Crippen LogP contribution in [0, 0.1) is 11.3 Å². The van der Waals surface area contributed by atoms with Crippen LogP contribution in [0.5, 0.6) is 0 Å². The number of nitrogens with one attached hydrogen (secondary N) is 2. The van der Waals surface area contributed by atoms with Crippen molar-refractivity contribution in [3.8, 4) is 0 Å². The molecule has 1 atom stereocenters. The first-order valence-electron chi connectivity index (χ1n) is 21.9. The smallest absolute Gasteiger partial charge is 0.329 e. The van der Waals surface area contributed by atoms with Crippen molar-refractivity contribution in [1.82, 2.24) is 48.6 Å². The van der Waals surface area contributed by atoms with Gasteiger partial charge in [-0.2, -0.15) is 10.2 Å². The normalized spacial score (nSPS) is 23.7. The Hall–Kier alpha value is -5.53. The molecule has 19 heteroatoms. The zero-order chi connectivity index (χ0) is 42.7. The van der Waals surface area contributed by atoms with Crippen LogP contribution in [0.15, 0.2) is 47.7 Å². The van der Waals surface area contributed by atoms with E-state index in [4.69, 9.17) is 4.74 Å². The van der Waals surface area contributed by atoms with Crippen molar-refractivity contribution in [2.24, 2.45) is 18.4 Å². The minimum atomic E-state index is -2.85. The molecule has 0 radical (unpaired) electrons. The summed E-state index contributed by atoms with van der Waals surface area (Å²) in [6.07, 6.45) is 8.21. The van der Waals surface area contributed by atoms with Crippen LogP contribution >= 0.6 is 0 Å². The van der Waals surface area contributed by atoms with Gasteiger partial charge in [-0.25, -0.2) is 23.1 Å². The minimum Gasteiger partial charge on any atom is -0.378 e. The quantitative estimate of drug-likeness (QED) is 0.196. The Kier molecular flexibility index (Phi) is 10.7. The average Bonchev–Trinajstić information content (AvgIpc) is 3.96. The fourth-order valence-electron chi connectivity index (χ4n) is 10.6. The van der Waals surface area contributed by atoms with Gasteiger partial charge in [0, 0.05) is 65.1 Å². The molecule has 0 bridgehead atoms. The topological polar surface area (TPSA) is 169 Å². The second kappa shape index (κ2) is 16.3. The van der Waals surface area contributed by atoms with E-state index < -0.39 is 30.0 Å². The van der Waals surface area contributed by atoms with Gasteiger partial charge in [0.2, 0.25) is 11.8 Å². The first-order valence-corrected chi connectivity index (χ1v) is 21.9. The van der Waals surface area contributed by atoms with Gasteiger partial charge >= 0.3 is 5.69 Å². The third-order valence-electron chi connectivity index (χ3n) is 14.0. The largest absolute Gasteiger partial charge is 0.378 e. The number of aryl methyl sites for hydroxylation is 1. The molecular formula is C43H52F2N12O5. The van der Waals surface area contributed by atoms with Gasteiger partial charge in [0.25, 0.3) is 12.3 Å². The zero-order valence-corrected chi connectivity index (χ0v) is 34.8. The van der Waals surface area contributed by atoms with Gasteiger partial charge in [-0.15, -0.1) is 0 Å². The molecule has 1 unspecified atom stereocenters. The zero-order valence-electron chi connectivity index (χ0n) is 34.8. The average molecular weight is 855 g/mol. The van der Waals surface area contributed by atoms with Crippen molar-refractivity contribution in [1.29, 1.82) is 0 Å². The number of alkyl halides is 2. The lowest BCUT2D eigenvalue weighted by Gasteiger charge is -2.54. The Morgan fingerprint density at radius 1 is 1.00 bits per heavy atom. The molecule has 4 saturated heterocycles. The lowest BCUT2D eigenvalue weighted by Crippen LogP contribution is -2.60. The van der Waals surface area contributed by atoms with Gasteiger partial charge in [0.15, 0.2) is 11.3 Å². The molecule has 1 spiro atoms. The number of imide groups is 1. The third kappa shape index (κ3) is 7.57. The van der Waals surface area contributed by atoms with Crippen LogP contribution in [0.2, 0.25) is 0 Å². The summed E-state index contributed by atoms with van der Waals surface area (Å²) in [7, 11) is 1.75. The highest BCUT2D eigenvalue weighted by Crippen LogP contribution is 2.43. The number of carbonyl (C=O) groups excluding carboxylic acids is 3. The number of amides is 3. The molecule has 4 aromatic heterocycles. The molecule has 3 amide bonds. The number of imidazole rings is 1. The highest BCUT2D eigenvalue weighted by atomic mass is 19.3. The molecule has 10 rings (SSSR count). The first kappa shape index (κ1) is 40.5. The Bertz CT molecular complexity index is 2570. The van der Waals surface area contributed by atoms with E-state index in [1.54, 1.807) is 33.3 Å². The van der Waals surface area contributed by atoms with Crippen LogP contribution in [-0.4, -0.2) is 120 Å². The number of likely N-dealkylation sites (tertiary alicyclic amines) is 2. The molecule has 8 heterocycles. The van der Waals surface area contributed by atoms with Crippen LogP contribution < -0.4 is 21.2 Å². The summed E-state index contributed by atoms with van der Waals surface area (Å²) in [5.74, 6) is -0.0879. The Morgan fingerprint density at radius 3 is 2.52 bits per heavy atom. The number of benzene rings is 1. The molecular weight excluding hydrogens is 803 g/mol. The predicted molar refractivity (Wildman–Crippen MR) is 224 cm³/mol. The van der Waals surface area contributed by atoms with Gasteiger partial charge in [-0.05, 0) is 87.1 Å². The molecule has 2 N–H and O–H groups in total. The molecule has 5 fully saturated rings. The van der Waals surface area contributed by atoms with Crippen molar-refractivity contribution < 1.29 is 27.9 Å². The number of anilines is 2. The van der Waals surface area contributed by atoms with E-state index in [0.717, 1.165) is 94.4 Å². The fourth-order valence-corrected chi connectivity index (χ4v) is 10.6. The van der Waals surface area contributed by atoms with Crippen LogP contribution in [0.3, 0.4) is 0 Å². The summed E-state index contributed by atoms with van der Waals surface area (Å²) in [4.78, 5) is 63.1. The number of hydrogen-bond donors (Lipinski definition) is 2. The van der Waals surface area contributed by atoms with Crippen LogP contribution in [0.25, 0.3) is 16.7 Å². The summed E-state index contributed by atoms with van der Waals surface area (Å²) in [6.45, 7) is 8.37. The van der Waals surface area contributed by atoms with Crippen molar-refractivity contribution in [3.63, 3.8) is 0 Å². The Morgan fingerprint density at radius 2 is 1.77 bits per heavy atom. The number of piperidine rings is 2. The van der Waals surface area contributed by atoms with Crippen molar-refractivity contribution in [2.75, 3.05) is 69.2 Å².